The van der Waals surface area contributed by atoms with Gasteiger partial charge in [-0.3, -0.25) is 0 Å². The second kappa shape index (κ2) is 4.98. The number of fused-ring (bicyclic) bond motifs is 1. The van der Waals surface area contributed by atoms with E-state index in [2.05, 4.69) is 5.32 Å². The second-order valence-corrected chi connectivity index (χ2v) is 5.00. The molecule has 4 heteroatoms. The summed E-state index contributed by atoms with van der Waals surface area (Å²) in [4.78, 5) is 14.1. The van der Waals surface area contributed by atoms with Gasteiger partial charge in [-0.2, -0.15) is 0 Å². The summed E-state index contributed by atoms with van der Waals surface area (Å²) >= 11 is 0. The zero-order valence-corrected chi connectivity index (χ0v) is 10.3. The van der Waals surface area contributed by atoms with Crippen molar-refractivity contribution >= 4 is 6.09 Å². The first kappa shape index (κ1) is 11.5. The fraction of sp³-hybridized carbons (Fsp3) is 0.500. The quantitative estimate of drug-likeness (QED) is 0.822. The van der Waals surface area contributed by atoms with Gasteiger partial charge in [0.2, 0.25) is 0 Å². The fourth-order valence-corrected chi connectivity index (χ4v) is 2.94. The minimum Gasteiger partial charge on any atom is -0.410 e. The van der Waals surface area contributed by atoms with Crippen LogP contribution in [0.3, 0.4) is 0 Å². The molecule has 3 rings (SSSR count). The summed E-state index contributed by atoms with van der Waals surface area (Å²) in [5.41, 5.74) is 0. The predicted molar refractivity (Wildman–Crippen MR) is 68.6 cm³/mol. The van der Waals surface area contributed by atoms with E-state index in [0.29, 0.717) is 17.7 Å². The number of nitrogens with zero attached hydrogens (tertiary/aromatic N) is 1. The van der Waals surface area contributed by atoms with Gasteiger partial charge in [-0.25, -0.2) is 4.79 Å². The highest BCUT2D eigenvalue weighted by Crippen LogP contribution is 2.27. The van der Waals surface area contributed by atoms with E-state index in [1.165, 1.54) is 6.42 Å². The molecule has 1 aromatic rings. The van der Waals surface area contributed by atoms with Crippen molar-refractivity contribution in [3.63, 3.8) is 0 Å². The number of para-hydroxylation sites is 1. The molecule has 0 unspecified atom stereocenters. The fourth-order valence-electron chi connectivity index (χ4n) is 2.94. The van der Waals surface area contributed by atoms with Crippen LogP contribution in [0.2, 0.25) is 0 Å². The number of likely N-dealkylation sites (tertiary alicyclic amines) is 1. The number of carbonyl (C=O) groups excluding carboxylic acids is 1. The third-order valence-electron chi connectivity index (χ3n) is 3.86. The van der Waals surface area contributed by atoms with E-state index in [1.807, 2.05) is 35.2 Å². The molecular weight excluding hydrogens is 228 g/mol. The van der Waals surface area contributed by atoms with Crippen LogP contribution >= 0.6 is 0 Å². The highest BCUT2D eigenvalue weighted by atomic mass is 16.6. The number of hydrogen-bond acceptors (Lipinski definition) is 3. The smallest absolute Gasteiger partial charge is 0.410 e. The average Bonchev–Trinajstić information content (AvgIpc) is 2.87. The Hall–Kier alpha value is -1.55. The first-order valence-electron chi connectivity index (χ1n) is 6.59. The topological polar surface area (TPSA) is 41.6 Å². The van der Waals surface area contributed by atoms with E-state index < -0.39 is 0 Å². The Morgan fingerprint density at radius 1 is 1.28 bits per heavy atom. The molecule has 0 saturated carbocycles. The highest BCUT2D eigenvalue weighted by Gasteiger charge is 2.38. The Balaban J connectivity index is 1.68. The predicted octanol–water partition coefficient (Wildman–Crippen LogP) is 1.87. The minimum atomic E-state index is -0.209. The Morgan fingerprint density at radius 3 is 2.94 bits per heavy atom. The van der Waals surface area contributed by atoms with Crippen molar-refractivity contribution in [3.05, 3.63) is 30.3 Å². The van der Waals surface area contributed by atoms with Crippen molar-refractivity contribution < 1.29 is 9.53 Å². The molecule has 96 valence electrons. The van der Waals surface area contributed by atoms with Gasteiger partial charge in [-0.05, 0) is 30.9 Å². The van der Waals surface area contributed by atoms with E-state index in [-0.39, 0.29) is 6.09 Å². The van der Waals surface area contributed by atoms with Crippen LogP contribution in [0.4, 0.5) is 4.79 Å². The third-order valence-corrected chi connectivity index (χ3v) is 3.86. The third kappa shape index (κ3) is 2.20. The minimum absolute atomic E-state index is 0.209. The van der Waals surface area contributed by atoms with Crippen molar-refractivity contribution in [3.8, 4) is 5.75 Å². The van der Waals surface area contributed by atoms with Crippen LogP contribution in [-0.2, 0) is 0 Å². The van der Waals surface area contributed by atoms with Crippen LogP contribution in [0, 0.1) is 5.92 Å². The van der Waals surface area contributed by atoms with E-state index in [0.717, 1.165) is 26.1 Å². The number of piperidine rings is 1. The van der Waals surface area contributed by atoms with Crippen molar-refractivity contribution in [2.75, 3.05) is 19.6 Å². The largest absolute Gasteiger partial charge is 0.415 e. The molecule has 2 saturated heterocycles. The van der Waals surface area contributed by atoms with Crippen LogP contribution in [0.25, 0.3) is 0 Å². The maximum atomic E-state index is 12.2. The monoisotopic (exact) mass is 246 g/mol. The molecule has 0 aliphatic carbocycles. The number of ether oxygens (including phenoxy) is 1. The van der Waals surface area contributed by atoms with Gasteiger partial charge < -0.3 is 15.0 Å². The first-order valence-corrected chi connectivity index (χ1v) is 6.59. The molecule has 2 atom stereocenters. The van der Waals surface area contributed by atoms with Crippen LogP contribution in [-0.4, -0.2) is 36.7 Å². The Kier molecular flexibility index (Phi) is 3.19. The van der Waals surface area contributed by atoms with Gasteiger partial charge in [0.1, 0.15) is 5.75 Å². The van der Waals surface area contributed by atoms with Crippen molar-refractivity contribution in [1.29, 1.82) is 0 Å². The molecule has 0 bridgehead atoms. The van der Waals surface area contributed by atoms with Gasteiger partial charge in [0, 0.05) is 19.6 Å². The van der Waals surface area contributed by atoms with Gasteiger partial charge in [-0.1, -0.05) is 18.2 Å². The number of rotatable bonds is 1. The molecule has 0 aromatic heterocycles. The van der Waals surface area contributed by atoms with Crippen LogP contribution in [0.15, 0.2) is 30.3 Å². The summed E-state index contributed by atoms with van der Waals surface area (Å²) < 4.78 is 5.42. The summed E-state index contributed by atoms with van der Waals surface area (Å²) in [5, 5.41) is 3.36. The lowest BCUT2D eigenvalue weighted by Crippen LogP contribution is -2.49. The molecule has 2 heterocycles. The standard InChI is InChI=1S/C14H18N2O2/c17-14(18-12-6-2-1-3-7-12)16-8-4-5-11-9-15-10-13(11)16/h1-3,6-7,11,13,15H,4-5,8-10H2/t11-,13+/m0/s1. The molecule has 0 radical (unpaired) electrons. The number of carbonyl (C=O) groups is 1. The Morgan fingerprint density at radius 2 is 2.11 bits per heavy atom. The van der Waals surface area contributed by atoms with Crippen LogP contribution in [0.5, 0.6) is 5.75 Å². The van der Waals surface area contributed by atoms with Crippen molar-refractivity contribution in [1.82, 2.24) is 10.2 Å². The van der Waals surface area contributed by atoms with Gasteiger partial charge in [-0.15, -0.1) is 0 Å². The lowest BCUT2D eigenvalue weighted by Gasteiger charge is -2.36. The highest BCUT2D eigenvalue weighted by molar-refractivity contribution is 5.71. The SMILES string of the molecule is O=C(Oc1ccccc1)N1CCC[C@H]2CNC[C@H]21. The van der Waals surface area contributed by atoms with Crippen molar-refractivity contribution in [2.24, 2.45) is 5.92 Å². The summed E-state index contributed by atoms with van der Waals surface area (Å²) in [6.07, 6.45) is 2.08. The number of benzene rings is 1. The maximum Gasteiger partial charge on any atom is 0.415 e. The van der Waals surface area contributed by atoms with E-state index in [9.17, 15) is 4.79 Å². The molecule has 1 aromatic carbocycles. The van der Waals surface area contributed by atoms with E-state index in [1.54, 1.807) is 0 Å². The summed E-state index contributed by atoms with van der Waals surface area (Å²) in [6.45, 7) is 2.74. The normalized spacial score (nSPS) is 26.8. The Labute approximate surface area is 107 Å². The first-order chi connectivity index (χ1) is 8.84. The molecule has 0 spiro atoms. The summed E-state index contributed by atoms with van der Waals surface area (Å²) in [5.74, 6) is 1.22. The molecule has 2 fully saturated rings. The van der Waals surface area contributed by atoms with Gasteiger partial charge in [0.25, 0.3) is 0 Å². The molecule has 1 amide bonds. The van der Waals surface area contributed by atoms with Gasteiger partial charge in [0.05, 0.1) is 6.04 Å². The maximum absolute atomic E-state index is 12.2. The molecule has 2 aliphatic rings. The number of nitrogens with one attached hydrogen (secondary N) is 1. The number of amides is 1. The lowest BCUT2D eigenvalue weighted by atomic mass is 9.92. The second-order valence-electron chi connectivity index (χ2n) is 5.00. The van der Waals surface area contributed by atoms with Gasteiger partial charge >= 0.3 is 6.09 Å². The molecule has 4 nitrogen and oxygen atoms in total. The molecular formula is C14H18N2O2. The summed E-state index contributed by atoms with van der Waals surface area (Å²) in [6, 6.07) is 9.60. The zero-order valence-electron chi connectivity index (χ0n) is 10.3. The van der Waals surface area contributed by atoms with E-state index in [4.69, 9.17) is 4.74 Å². The molecule has 2 aliphatic heterocycles. The lowest BCUT2D eigenvalue weighted by molar-refractivity contribution is 0.102. The average molecular weight is 246 g/mol. The van der Waals surface area contributed by atoms with Crippen LogP contribution < -0.4 is 10.1 Å². The zero-order chi connectivity index (χ0) is 12.4. The van der Waals surface area contributed by atoms with E-state index >= 15 is 0 Å². The van der Waals surface area contributed by atoms with Crippen LogP contribution in [0.1, 0.15) is 12.8 Å². The van der Waals surface area contributed by atoms with Crippen molar-refractivity contribution in [2.45, 2.75) is 18.9 Å². The number of hydrogen-bond donors (Lipinski definition) is 1. The molecule has 1 N–H and O–H groups in total. The van der Waals surface area contributed by atoms with Gasteiger partial charge in [0.15, 0.2) is 0 Å². The summed E-state index contributed by atoms with van der Waals surface area (Å²) in [7, 11) is 0. The Bertz CT molecular complexity index is 421. The molecule has 18 heavy (non-hydrogen) atoms.